The van der Waals surface area contributed by atoms with Gasteiger partial charge in [0, 0.05) is 12.6 Å². The van der Waals surface area contributed by atoms with E-state index in [-0.39, 0.29) is 0 Å². The van der Waals surface area contributed by atoms with Crippen molar-refractivity contribution in [1.82, 2.24) is 10.2 Å². The molecule has 0 radical (unpaired) electrons. The highest BCUT2D eigenvalue weighted by molar-refractivity contribution is 4.65. The smallest absolute Gasteiger partial charge is 0.0189 e. The molecule has 0 saturated carbocycles. The van der Waals surface area contributed by atoms with Crippen LogP contribution in [0.4, 0.5) is 0 Å². The zero-order chi connectivity index (χ0) is 10.8. The number of hydrogen-bond donors (Lipinski definition) is 1. The second-order valence-electron chi connectivity index (χ2n) is 4.24. The van der Waals surface area contributed by atoms with Crippen molar-refractivity contribution in [3.8, 4) is 0 Å². The minimum absolute atomic E-state index is 0.665. The SMILES string of the molecule is CCCCNCC(C)N(C)CCCC. The highest BCUT2D eigenvalue weighted by Gasteiger charge is 2.06. The Hall–Kier alpha value is -0.0800. The van der Waals surface area contributed by atoms with Crippen molar-refractivity contribution in [2.75, 3.05) is 26.7 Å². The van der Waals surface area contributed by atoms with Gasteiger partial charge < -0.3 is 10.2 Å². The fourth-order valence-electron chi connectivity index (χ4n) is 1.40. The molecular weight excluding hydrogens is 172 g/mol. The summed E-state index contributed by atoms with van der Waals surface area (Å²) < 4.78 is 0. The molecule has 0 aromatic rings. The topological polar surface area (TPSA) is 15.3 Å². The lowest BCUT2D eigenvalue weighted by Gasteiger charge is -2.24. The minimum Gasteiger partial charge on any atom is -0.315 e. The number of rotatable bonds is 9. The van der Waals surface area contributed by atoms with Crippen LogP contribution in [-0.4, -0.2) is 37.6 Å². The highest BCUT2D eigenvalue weighted by Crippen LogP contribution is 1.97. The molecule has 86 valence electrons. The van der Waals surface area contributed by atoms with E-state index in [0.29, 0.717) is 6.04 Å². The maximum atomic E-state index is 3.50. The first-order chi connectivity index (χ1) is 6.72. The number of likely N-dealkylation sites (N-methyl/N-ethyl adjacent to an activating group) is 1. The molecule has 1 N–H and O–H groups in total. The van der Waals surface area contributed by atoms with Gasteiger partial charge in [0.05, 0.1) is 0 Å². The second-order valence-corrected chi connectivity index (χ2v) is 4.24. The zero-order valence-electron chi connectivity index (χ0n) is 10.5. The summed E-state index contributed by atoms with van der Waals surface area (Å²) >= 11 is 0. The van der Waals surface area contributed by atoms with E-state index in [9.17, 15) is 0 Å². The molecule has 0 fully saturated rings. The van der Waals surface area contributed by atoms with Gasteiger partial charge in [0.1, 0.15) is 0 Å². The first-order valence-electron chi connectivity index (χ1n) is 6.13. The third-order valence-electron chi connectivity index (χ3n) is 2.76. The van der Waals surface area contributed by atoms with Gasteiger partial charge in [0.25, 0.3) is 0 Å². The van der Waals surface area contributed by atoms with Gasteiger partial charge in [-0.1, -0.05) is 26.7 Å². The number of unbranched alkanes of at least 4 members (excludes halogenated alkanes) is 2. The van der Waals surface area contributed by atoms with Gasteiger partial charge in [-0.3, -0.25) is 0 Å². The van der Waals surface area contributed by atoms with E-state index in [0.717, 1.165) is 6.54 Å². The molecule has 0 aliphatic carbocycles. The van der Waals surface area contributed by atoms with E-state index in [1.54, 1.807) is 0 Å². The van der Waals surface area contributed by atoms with E-state index in [2.05, 4.69) is 38.0 Å². The summed E-state index contributed by atoms with van der Waals surface area (Å²) in [6.45, 7) is 10.3. The van der Waals surface area contributed by atoms with Crippen LogP contribution in [0.3, 0.4) is 0 Å². The van der Waals surface area contributed by atoms with Crippen molar-refractivity contribution in [3.05, 3.63) is 0 Å². The van der Waals surface area contributed by atoms with Gasteiger partial charge in [-0.15, -0.1) is 0 Å². The highest BCUT2D eigenvalue weighted by atomic mass is 15.1. The Morgan fingerprint density at radius 1 is 1.14 bits per heavy atom. The van der Waals surface area contributed by atoms with Crippen LogP contribution < -0.4 is 5.32 Å². The number of nitrogens with one attached hydrogen (secondary N) is 1. The van der Waals surface area contributed by atoms with Crippen molar-refractivity contribution in [3.63, 3.8) is 0 Å². The molecule has 0 spiro atoms. The van der Waals surface area contributed by atoms with E-state index in [1.165, 1.54) is 38.8 Å². The van der Waals surface area contributed by atoms with Crippen LogP contribution in [0, 0.1) is 0 Å². The molecule has 0 amide bonds. The zero-order valence-corrected chi connectivity index (χ0v) is 10.5. The average Bonchev–Trinajstić information content (AvgIpc) is 2.20. The van der Waals surface area contributed by atoms with Gasteiger partial charge in [-0.05, 0) is 39.9 Å². The molecule has 2 nitrogen and oxygen atoms in total. The van der Waals surface area contributed by atoms with Crippen molar-refractivity contribution >= 4 is 0 Å². The Kier molecular flexibility index (Phi) is 9.42. The molecule has 0 bridgehead atoms. The predicted octanol–water partition coefficient (Wildman–Crippen LogP) is 2.50. The fraction of sp³-hybridized carbons (Fsp3) is 1.00. The summed E-state index contributed by atoms with van der Waals surface area (Å²) in [6, 6.07) is 0.665. The maximum Gasteiger partial charge on any atom is 0.0189 e. The molecule has 14 heavy (non-hydrogen) atoms. The summed E-state index contributed by atoms with van der Waals surface area (Å²) in [5.74, 6) is 0. The van der Waals surface area contributed by atoms with Crippen LogP contribution in [-0.2, 0) is 0 Å². The Labute approximate surface area is 90.1 Å². The van der Waals surface area contributed by atoms with Gasteiger partial charge in [0.15, 0.2) is 0 Å². The van der Waals surface area contributed by atoms with Crippen molar-refractivity contribution < 1.29 is 0 Å². The first-order valence-corrected chi connectivity index (χ1v) is 6.13. The van der Waals surface area contributed by atoms with Crippen LogP contribution in [0.1, 0.15) is 46.5 Å². The Bertz CT molecular complexity index is 115. The van der Waals surface area contributed by atoms with E-state index in [4.69, 9.17) is 0 Å². The summed E-state index contributed by atoms with van der Waals surface area (Å²) in [5, 5.41) is 3.50. The molecule has 1 unspecified atom stereocenters. The lowest BCUT2D eigenvalue weighted by atomic mass is 10.2. The number of nitrogens with zero attached hydrogens (tertiary/aromatic N) is 1. The molecule has 0 aliphatic heterocycles. The van der Waals surface area contributed by atoms with Crippen molar-refractivity contribution in [2.24, 2.45) is 0 Å². The molecule has 0 saturated heterocycles. The molecule has 0 heterocycles. The van der Waals surface area contributed by atoms with E-state index < -0.39 is 0 Å². The summed E-state index contributed by atoms with van der Waals surface area (Å²) in [5.41, 5.74) is 0. The predicted molar refractivity (Wildman–Crippen MR) is 64.8 cm³/mol. The van der Waals surface area contributed by atoms with Crippen LogP contribution >= 0.6 is 0 Å². The molecule has 0 aliphatic rings. The summed E-state index contributed by atoms with van der Waals surface area (Å²) in [4.78, 5) is 2.45. The summed E-state index contributed by atoms with van der Waals surface area (Å²) in [6.07, 6.45) is 5.19. The molecule has 0 aromatic heterocycles. The Morgan fingerprint density at radius 3 is 2.36 bits per heavy atom. The monoisotopic (exact) mass is 200 g/mol. The third kappa shape index (κ3) is 7.34. The van der Waals surface area contributed by atoms with Crippen LogP contribution in [0.5, 0.6) is 0 Å². The number of hydrogen-bond acceptors (Lipinski definition) is 2. The van der Waals surface area contributed by atoms with Crippen molar-refractivity contribution in [2.45, 2.75) is 52.5 Å². The largest absolute Gasteiger partial charge is 0.315 e. The maximum absolute atomic E-state index is 3.50. The van der Waals surface area contributed by atoms with Gasteiger partial charge in [-0.25, -0.2) is 0 Å². The van der Waals surface area contributed by atoms with Gasteiger partial charge in [0.2, 0.25) is 0 Å². The molecular formula is C12H28N2. The Morgan fingerprint density at radius 2 is 1.79 bits per heavy atom. The molecule has 1 atom stereocenters. The molecule has 2 heteroatoms. The lowest BCUT2D eigenvalue weighted by Crippen LogP contribution is -2.38. The second kappa shape index (κ2) is 9.47. The van der Waals surface area contributed by atoms with E-state index >= 15 is 0 Å². The summed E-state index contributed by atoms with van der Waals surface area (Å²) in [7, 11) is 2.22. The van der Waals surface area contributed by atoms with E-state index in [1.807, 2.05) is 0 Å². The normalized spacial score (nSPS) is 13.5. The third-order valence-corrected chi connectivity index (χ3v) is 2.76. The van der Waals surface area contributed by atoms with Crippen molar-refractivity contribution in [1.29, 1.82) is 0 Å². The minimum atomic E-state index is 0.665. The van der Waals surface area contributed by atoms with Gasteiger partial charge >= 0.3 is 0 Å². The van der Waals surface area contributed by atoms with Crippen LogP contribution in [0.25, 0.3) is 0 Å². The molecule has 0 aromatic carbocycles. The Balaban J connectivity index is 3.36. The fourth-order valence-corrected chi connectivity index (χ4v) is 1.40. The lowest BCUT2D eigenvalue weighted by molar-refractivity contribution is 0.247. The van der Waals surface area contributed by atoms with Gasteiger partial charge in [-0.2, -0.15) is 0 Å². The van der Waals surface area contributed by atoms with Crippen LogP contribution in [0.15, 0.2) is 0 Å². The van der Waals surface area contributed by atoms with Crippen LogP contribution in [0.2, 0.25) is 0 Å². The molecule has 0 rings (SSSR count). The average molecular weight is 200 g/mol. The first kappa shape index (κ1) is 13.9. The standard InChI is InChI=1S/C12H28N2/c1-5-7-9-13-11-12(3)14(4)10-8-6-2/h12-13H,5-11H2,1-4H3. The quantitative estimate of drug-likeness (QED) is 0.575.